The number of methoxy groups -OCH3 is 1. The van der Waals surface area contributed by atoms with Crippen LogP contribution in [0.4, 0.5) is 9.18 Å². The van der Waals surface area contributed by atoms with Crippen molar-refractivity contribution in [1.82, 2.24) is 4.90 Å². The zero-order valence-electron chi connectivity index (χ0n) is 17.3. The maximum Gasteiger partial charge on any atom is 0.410 e. The third-order valence-corrected chi connectivity index (χ3v) is 5.07. The number of halogens is 1. The Bertz CT molecular complexity index is 705. The zero-order valence-corrected chi connectivity index (χ0v) is 17.3. The summed E-state index contributed by atoms with van der Waals surface area (Å²) in [6, 6.07) is 4.37. The van der Waals surface area contributed by atoms with E-state index in [4.69, 9.17) is 14.2 Å². The number of hydrogen-bond donors (Lipinski definition) is 0. The predicted molar refractivity (Wildman–Crippen MR) is 103 cm³/mol. The number of esters is 1. The minimum absolute atomic E-state index is 0.0486. The number of piperidine rings is 1. The van der Waals surface area contributed by atoms with E-state index in [-0.39, 0.29) is 24.4 Å². The molecule has 0 aliphatic carbocycles. The topological polar surface area (TPSA) is 65.1 Å². The van der Waals surface area contributed by atoms with E-state index in [9.17, 15) is 14.0 Å². The fourth-order valence-corrected chi connectivity index (χ4v) is 3.24. The molecule has 0 saturated carbocycles. The number of likely N-dealkylation sites (tertiary alicyclic amines) is 1. The number of nitrogens with zero attached hydrogens (tertiary/aromatic N) is 1. The molecule has 0 atom stereocenters. The third kappa shape index (κ3) is 5.36. The molecule has 1 aromatic rings. The van der Waals surface area contributed by atoms with Crippen molar-refractivity contribution in [3.63, 3.8) is 0 Å². The molecule has 0 spiro atoms. The summed E-state index contributed by atoms with van der Waals surface area (Å²) in [6.45, 7) is 8.37. The van der Waals surface area contributed by atoms with Crippen LogP contribution in [-0.4, -0.2) is 42.8 Å². The van der Waals surface area contributed by atoms with Crippen LogP contribution in [0.5, 0.6) is 5.75 Å². The van der Waals surface area contributed by atoms with E-state index < -0.39 is 16.8 Å². The Balaban J connectivity index is 1.95. The van der Waals surface area contributed by atoms with E-state index in [2.05, 4.69) is 0 Å². The van der Waals surface area contributed by atoms with E-state index in [0.717, 1.165) is 0 Å². The Morgan fingerprint density at radius 2 is 1.86 bits per heavy atom. The van der Waals surface area contributed by atoms with Crippen molar-refractivity contribution in [2.45, 2.75) is 59.2 Å². The Kier molecular flexibility index (Phi) is 6.91. The largest absolute Gasteiger partial charge is 0.494 e. The van der Waals surface area contributed by atoms with Gasteiger partial charge in [-0.2, -0.15) is 0 Å². The molecule has 1 amide bonds. The molecule has 28 heavy (non-hydrogen) atoms. The highest BCUT2D eigenvalue weighted by Crippen LogP contribution is 2.37. The highest BCUT2D eigenvalue weighted by Gasteiger charge is 2.42. The van der Waals surface area contributed by atoms with Crippen LogP contribution in [0.25, 0.3) is 0 Å². The lowest BCUT2D eigenvalue weighted by atomic mass is 9.76. The Morgan fingerprint density at radius 3 is 2.39 bits per heavy atom. The third-order valence-electron chi connectivity index (χ3n) is 5.07. The molecule has 1 fully saturated rings. The monoisotopic (exact) mass is 395 g/mol. The SMILES string of the molecule is CCC1(C(=O)OCc2ccc(F)c(OC)c2)CCN(C(=O)OC(C)(C)C)CC1. The van der Waals surface area contributed by atoms with Gasteiger partial charge in [-0.15, -0.1) is 0 Å². The number of amides is 1. The Hall–Kier alpha value is -2.31. The van der Waals surface area contributed by atoms with Gasteiger partial charge in [-0.1, -0.05) is 13.0 Å². The molecule has 6 nitrogen and oxygen atoms in total. The first kappa shape index (κ1) is 22.0. The summed E-state index contributed by atoms with van der Waals surface area (Å²) in [6.07, 6.45) is 1.31. The number of hydrogen-bond acceptors (Lipinski definition) is 5. The van der Waals surface area contributed by atoms with Crippen molar-refractivity contribution < 1.29 is 28.2 Å². The van der Waals surface area contributed by atoms with Gasteiger partial charge in [-0.3, -0.25) is 4.79 Å². The molecule has 7 heteroatoms. The quantitative estimate of drug-likeness (QED) is 0.696. The Labute approximate surface area is 165 Å². The zero-order chi connectivity index (χ0) is 20.9. The van der Waals surface area contributed by atoms with Crippen LogP contribution >= 0.6 is 0 Å². The lowest BCUT2D eigenvalue weighted by molar-refractivity contribution is -0.160. The summed E-state index contributed by atoms with van der Waals surface area (Å²) in [5.41, 5.74) is -0.516. The first-order chi connectivity index (χ1) is 13.1. The van der Waals surface area contributed by atoms with Gasteiger partial charge in [0.25, 0.3) is 0 Å². The molecule has 1 aliphatic rings. The van der Waals surface area contributed by atoms with Crippen LogP contribution in [0, 0.1) is 11.2 Å². The second-order valence-corrected chi connectivity index (χ2v) is 8.15. The summed E-state index contributed by atoms with van der Waals surface area (Å²) in [5, 5.41) is 0. The van der Waals surface area contributed by atoms with E-state index >= 15 is 0 Å². The minimum atomic E-state index is -0.622. The van der Waals surface area contributed by atoms with Crippen LogP contribution in [0.3, 0.4) is 0 Å². The number of carbonyl (C=O) groups excluding carboxylic acids is 2. The highest BCUT2D eigenvalue weighted by molar-refractivity contribution is 5.77. The van der Waals surface area contributed by atoms with Gasteiger partial charge in [0.05, 0.1) is 12.5 Å². The van der Waals surface area contributed by atoms with Gasteiger partial charge >= 0.3 is 12.1 Å². The summed E-state index contributed by atoms with van der Waals surface area (Å²) in [5.74, 6) is -0.635. The average molecular weight is 395 g/mol. The molecular formula is C21H30FNO5. The van der Waals surface area contributed by atoms with Crippen LogP contribution in [0.1, 0.15) is 52.5 Å². The van der Waals surface area contributed by atoms with Crippen molar-refractivity contribution in [2.75, 3.05) is 20.2 Å². The lowest BCUT2D eigenvalue weighted by Gasteiger charge is -2.39. The molecule has 0 aromatic heterocycles. The smallest absolute Gasteiger partial charge is 0.410 e. The van der Waals surface area contributed by atoms with Crippen LogP contribution in [0.2, 0.25) is 0 Å². The van der Waals surface area contributed by atoms with Gasteiger partial charge in [0, 0.05) is 13.1 Å². The molecule has 0 unspecified atom stereocenters. The first-order valence-corrected chi connectivity index (χ1v) is 9.58. The van der Waals surface area contributed by atoms with Gasteiger partial charge in [-0.05, 0) is 57.7 Å². The van der Waals surface area contributed by atoms with Crippen molar-refractivity contribution >= 4 is 12.1 Å². The molecule has 1 aliphatic heterocycles. The van der Waals surface area contributed by atoms with Gasteiger partial charge in [-0.25, -0.2) is 9.18 Å². The number of ether oxygens (including phenoxy) is 3. The van der Waals surface area contributed by atoms with E-state index in [1.54, 1.807) is 11.0 Å². The molecular weight excluding hydrogens is 365 g/mol. The van der Waals surface area contributed by atoms with Crippen molar-refractivity contribution in [2.24, 2.45) is 5.41 Å². The fourth-order valence-electron chi connectivity index (χ4n) is 3.24. The maximum atomic E-state index is 13.5. The number of benzene rings is 1. The molecule has 0 N–H and O–H groups in total. The molecule has 156 valence electrons. The van der Waals surface area contributed by atoms with Crippen LogP contribution < -0.4 is 4.74 Å². The van der Waals surface area contributed by atoms with Gasteiger partial charge in [0.1, 0.15) is 12.2 Å². The Morgan fingerprint density at radius 1 is 1.21 bits per heavy atom. The number of carbonyl (C=O) groups is 2. The van der Waals surface area contributed by atoms with E-state index in [0.29, 0.717) is 37.9 Å². The highest BCUT2D eigenvalue weighted by atomic mass is 19.1. The second-order valence-electron chi connectivity index (χ2n) is 8.15. The normalized spacial score (nSPS) is 16.4. The standard InChI is InChI=1S/C21H30FNO5/c1-6-21(9-11-23(12-10-21)19(25)28-20(2,3)4)18(24)27-14-15-7-8-16(22)17(13-15)26-5/h7-8,13H,6,9-12,14H2,1-5H3. The molecule has 1 aromatic carbocycles. The first-order valence-electron chi connectivity index (χ1n) is 9.58. The van der Waals surface area contributed by atoms with Gasteiger partial charge < -0.3 is 19.1 Å². The predicted octanol–water partition coefficient (Wildman–Crippen LogP) is 4.30. The van der Waals surface area contributed by atoms with Crippen molar-refractivity contribution in [3.05, 3.63) is 29.6 Å². The molecule has 1 saturated heterocycles. The number of rotatable bonds is 5. The van der Waals surface area contributed by atoms with Crippen molar-refractivity contribution in [1.29, 1.82) is 0 Å². The molecule has 0 radical (unpaired) electrons. The average Bonchev–Trinajstić information content (AvgIpc) is 2.65. The minimum Gasteiger partial charge on any atom is -0.494 e. The van der Waals surface area contributed by atoms with Crippen molar-refractivity contribution in [3.8, 4) is 5.75 Å². The van der Waals surface area contributed by atoms with Gasteiger partial charge in [0.2, 0.25) is 0 Å². The summed E-state index contributed by atoms with van der Waals surface area (Å²) in [7, 11) is 1.39. The fraction of sp³-hybridized carbons (Fsp3) is 0.619. The summed E-state index contributed by atoms with van der Waals surface area (Å²) >= 11 is 0. The van der Waals surface area contributed by atoms with Crippen LogP contribution in [-0.2, 0) is 20.9 Å². The van der Waals surface area contributed by atoms with Crippen LogP contribution in [0.15, 0.2) is 18.2 Å². The van der Waals surface area contributed by atoms with E-state index in [1.807, 2.05) is 27.7 Å². The van der Waals surface area contributed by atoms with Gasteiger partial charge in [0.15, 0.2) is 11.6 Å². The lowest BCUT2D eigenvalue weighted by Crippen LogP contribution is -2.48. The molecule has 2 rings (SSSR count). The van der Waals surface area contributed by atoms with E-state index in [1.165, 1.54) is 19.2 Å². The second kappa shape index (κ2) is 8.80. The molecule has 0 bridgehead atoms. The maximum absolute atomic E-state index is 13.5. The molecule has 1 heterocycles. The summed E-state index contributed by atoms with van der Waals surface area (Å²) in [4.78, 5) is 26.7. The summed E-state index contributed by atoms with van der Waals surface area (Å²) < 4.78 is 29.4.